The summed E-state index contributed by atoms with van der Waals surface area (Å²) in [4.78, 5) is 0. The summed E-state index contributed by atoms with van der Waals surface area (Å²) in [5.74, 6) is 0. The van der Waals surface area contributed by atoms with Gasteiger partial charge in [0.2, 0.25) is 0 Å². The van der Waals surface area contributed by atoms with Crippen molar-refractivity contribution in [2.24, 2.45) is 0 Å². The van der Waals surface area contributed by atoms with Gasteiger partial charge in [0.15, 0.2) is 0 Å². The van der Waals surface area contributed by atoms with Gasteiger partial charge in [0.25, 0.3) is 0 Å². The number of rotatable bonds is 2. The average molecular weight is 257 g/mol. The van der Waals surface area contributed by atoms with Crippen LogP contribution >= 0.6 is 15.9 Å². The van der Waals surface area contributed by atoms with Crippen LogP contribution in [-0.2, 0) is 12.8 Å². The van der Waals surface area contributed by atoms with Crippen LogP contribution in [0, 0.1) is 6.92 Å². The van der Waals surface area contributed by atoms with Gasteiger partial charge in [0, 0.05) is 15.8 Å². The van der Waals surface area contributed by atoms with Crippen molar-refractivity contribution in [1.29, 1.82) is 0 Å². The lowest BCUT2D eigenvalue weighted by atomic mass is 9.98. The molecule has 0 fully saturated rings. The molecule has 0 aliphatic heterocycles. The first-order chi connectivity index (χ1) is 6.54. The Balaban J connectivity index is 3.56. The molecule has 0 unspecified atom stereocenters. The SMILES string of the molecule is CCc1c(N)c(C)c(N)c(CC)c1Br. The molecule has 2 nitrogen and oxygen atoms in total. The molecule has 0 spiro atoms. The zero-order chi connectivity index (χ0) is 10.9. The van der Waals surface area contributed by atoms with Gasteiger partial charge in [-0.1, -0.05) is 29.8 Å². The minimum absolute atomic E-state index is 0.828. The minimum atomic E-state index is 0.828. The van der Waals surface area contributed by atoms with E-state index >= 15 is 0 Å². The zero-order valence-electron chi connectivity index (χ0n) is 8.95. The standard InChI is InChI=1S/C11H17BrN2/c1-4-7-9(12)8(5-2)11(14)6(3)10(7)13/h4-5,13-14H2,1-3H3. The second-order valence-electron chi connectivity index (χ2n) is 3.43. The highest BCUT2D eigenvalue weighted by molar-refractivity contribution is 9.10. The molecule has 0 radical (unpaired) electrons. The lowest BCUT2D eigenvalue weighted by Gasteiger charge is -2.16. The molecule has 1 aromatic carbocycles. The highest BCUT2D eigenvalue weighted by Crippen LogP contribution is 2.36. The number of halogens is 1. The van der Waals surface area contributed by atoms with E-state index in [0.29, 0.717) is 0 Å². The van der Waals surface area contributed by atoms with Crippen LogP contribution in [0.2, 0.25) is 0 Å². The molecular formula is C11H17BrN2. The van der Waals surface area contributed by atoms with Crippen molar-refractivity contribution in [3.05, 3.63) is 21.2 Å². The first kappa shape index (κ1) is 11.4. The second-order valence-corrected chi connectivity index (χ2v) is 4.22. The molecule has 0 saturated heterocycles. The lowest BCUT2D eigenvalue weighted by Crippen LogP contribution is -2.06. The van der Waals surface area contributed by atoms with E-state index in [9.17, 15) is 0 Å². The van der Waals surface area contributed by atoms with Crippen molar-refractivity contribution >= 4 is 27.3 Å². The molecular weight excluding hydrogens is 240 g/mol. The van der Waals surface area contributed by atoms with E-state index in [1.807, 2.05) is 6.92 Å². The lowest BCUT2D eigenvalue weighted by molar-refractivity contribution is 1.07. The summed E-state index contributed by atoms with van der Waals surface area (Å²) in [7, 11) is 0. The Morgan fingerprint density at radius 3 is 1.64 bits per heavy atom. The number of nitrogens with two attached hydrogens (primary N) is 2. The molecule has 14 heavy (non-hydrogen) atoms. The summed E-state index contributed by atoms with van der Waals surface area (Å²) in [6, 6.07) is 0. The molecule has 1 rings (SSSR count). The Hall–Kier alpha value is -0.700. The monoisotopic (exact) mass is 256 g/mol. The largest absolute Gasteiger partial charge is 0.398 e. The first-order valence-electron chi connectivity index (χ1n) is 4.89. The fourth-order valence-corrected chi connectivity index (χ4v) is 2.70. The van der Waals surface area contributed by atoms with E-state index in [1.165, 1.54) is 11.1 Å². The summed E-state index contributed by atoms with van der Waals surface area (Å²) in [5, 5.41) is 0. The van der Waals surface area contributed by atoms with E-state index < -0.39 is 0 Å². The van der Waals surface area contributed by atoms with Crippen molar-refractivity contribution in [3.63, 3.8) is 0 Å². The Kier molecular flexibility index (Phi) is 3.43. The summed E-state index contributed by atoms with van der Waals surface area (Å²) >= 11 is 3.58. The molecule has 1 aromatic rings. The third-order valence-electron chi connectivity index (χ3n) is 2.70. The van der Waals surface area contributed by atoms with E-state index in [-0.39, 0.29) is 0 Å². The van der Waals surface area contributed by atoms with Gasteiger partial charge in [0.1, 0.15) is 0 Å². The van der Waals surface area contributed by atoms with Gasteiger partial charge in [-0.25, -0.2) is 0 Å². The number of benzene rings is 1. The smallest absolute Gasteiger partial charge is 0.0408 e. The Labute approximate surface area is 93.8 Å². The highest BCUT2D eigenvalue weighted by Gasteiger charge is 2.14. The average Bonchev–Trinajstić information content (AvgIpc) is 2.16. The van der Waals surface area contributed by atoms with Gasteiger partial charge < -0.3 is 11.5 Å². The first-order valence-corrected chi connectivity index (χ1v) is 5.68. The van der Waals surface area contributed by atoms with Gasteiger partial charge in [-0.05, 0) is 36.5 Å². The normalized spacial score (nSPS) is 10.6. The van der Waals surface area contributed by atoms with E-state index in [0.717, 1.165) is 34.3 Å². The van der Waals surface area contributed by atoms with Gasteiger partial charge in [-0.3, -0.25) is 0 Å². The van der Waals surface area contributed by atoms with E-state index in [1.54, 1.807) is 0 Å². The van der Waals surface area contributed by atoms with E-state index in [4.69, 9.17) is 11.5 Å². The van der Waals surface area contributed by atoms with Crippen LogP contribution in [0.25, 0.3) is 0 Å². The predicted molar refractivity (Wildman–Crippen MR) is 66.5 cm³/mol. The van der Waals surface area contributed by atoms with Crippen LogP contribution in [-0.4, -0.2) is 0 Å². The number of nitrogen functional groups attached to an aromatic ring is 2. The fraction of sp³-hybridized carbons (Fsp3) is 0.455. The molecule has 0 aliphatic carbocycles. The topological polar surface area (TPSA) is 52.0 Å². The Bertz CT molecular complexity index is 328. The van der Waals surface area contributed by atoms with Crippen LogP contribution in [0.1, 0.15) is 30.5 Å². The summed E-state index contributed by atoms with van der Waals surface area (Å²) in [6.45, 7) is 6.19. The van der Waals surface area contributed by atoms with Gasteiger partial charge in [-0.15, -0.1) is 0 Å². The van der Waals surface area contributed by atoms with Crippen LogP contribution in [0.15, 0.2) is 4.47 Å². The predicted octanol–water partition coefficient (Wildman–Crippen LogP) is 3.05. The molecule has 0 aliphatic rings. The molecule has 0 amide bonds. The molecule has 3 heteroatoms. The Morgan fingerprint density at radius 1 is 1.00 bits per heavy atom. The van der Waals surface area contributed by atoms with Crippen LogP contribution in [0.4, 0.5) is 11.4 Å². The second kappa shape index (κ2) is 4.22. The quantitative estimate of drug-likeness (QED) is 0.800. The van der Waals surface area contributed by atoms with Crippen LogP contribution in [0.3, 0.4) is 0 Å². The number of anilines is 2. The van der Waals surface area contributed by atoms with E-state index in [2.05, 4.69) is 29.8 Å². The van der Waals surface area contributed by atoms with Crippen molar-refractivity contribution in [2.45, 2.75) is 33.6 Å². The number of hydrogen-bond donors (Lipinski definition) is 2. The molecule has 4 N–H and O–H groups in total. The van der Waals surface area contributed by atoms with Crippen molar-refractivity contribution < 1.29 is 0 Å². The molecule has 78 valence electrons. The Morgan fingerprint density at radius 2 is 1.36 bits per heavy atom. The summed E-state index contributed by atoms with van der Waals surface area (Å²) < 4.78 is 1.09. The molecule has 0 atom stereocenters. The maximum atomic E-state index is 6.01. The highest BCUT2D eigenvalue weighted by atomic mass is 79.9. The van der Waals surface area contributed by atoms with Gasteiger partial charge in [-0.2, -0.15) is 0 Å². The third kappa shape index (κ3) is 1.61. The maximum absolute atomic E-state index is 6.01. The van der Waals surface area contributed by atoms with Crippen molar-refractivity contribution in [1.82, 2.24) is 0 Å². The molecule has 0 aromatic heterocycles. The molecule has 0 heterocycles. The fourth-order valence-electron chi connectivity index (χ4n) is 1.71. The maximum Gasteiger partial charge on any atom is 0.0408 e. The minimum Gasteiger partial charge on any atom is -0.398 e. The van der Waals surface area contributed by atoms with Crippen molar-refractivity contribution in [3.8, 4) is 0 Å². The van der Waals surface area contributed by atoms with Gasteiger partial charge in [0.05, 0.1) is 0 Å². The summed E-state index contributed by atoms with van der Waals surface area (Å²) in [6.07, 6.45) is 1.86. The molecule has 0 saturated carbocycles. The summed E-state index contributed by atoms with van der Waals surface area (Å²) in [5.41, 5.74) is 17.0. The van der Waals surface area contributed by atoms with Crippen LogP contribution in [0.5, 0.6) is 0 Å². The number of hydrogen-bond acceptors (Lipinski definition) is 2. The third-order valence-corrected chi connectivity index (χ3v) is 3.65. The zero-order valence-corrected chi connectivity index (χ0v) is 10.5. The van der Waals surface area contributed by atoms with Crippen LogP contribution < -0.4 is 11.5 Å². The van der Waals surface area contributed by atoms with Gasteiger partial charge >= 0.3 is 0 Å². The van der Waals surface area contributed by atoms with Crippen molar-refractivity contribution in [2.75, 3.05) is 11.5 Å². The molecule has 0 bridgehead atoms.